The Balaban J connectivity index is 1.15. The van der Waals surface area contributed by atoms with E-state index in [0.717, 1.165) is 27.5 Å². The first kappa shape index (κ1) is 46.1. The summed E-state index contributed by atoms with van der Waals surface area (Å²) < 4.78 is 9.36. The molecule has 10 rings (SSSR count). The van der Waals surface area contributed by atoms with E-state index in [4.69, 9.17) is 4.74 Å². The minimum Gasteiger partial charge on any atom is -0.494 e. The third kappa shape index (κ3) is 10.8. The molecule has 4 aliphatic rings. The maximum atomic E-state index is 14.8. The molecular weight excluding hydrogens is 855 g/mol. The Labute approximate surface area is 387 Å². The first-order valence-corrected chi connectivity index (χ1v) is 22.6. The molecule has 0 spiro atoms. The number of carboxylic acid groups (broad SMARTS) is 1. The number of amides is 4. The average Bonchev–Trinajstić information content (AvgIpc) is 4.12. The smallest absolute Gasteiger partial charge is 0.326 e. The van der Waals surface area contributed by atoms with E-state index in [-0.39, 0.29) is 37.6 Å². The first-order chi connectivity index (χ1) is 32.3. The summed E-state index contributed by atoms with van der Waals surface area (Å²) in [5.41, 5.74) is 4.27. The van der Waals surface area contributed by atoms with Crippen molar-refractivity contribution in [3.63, 3.8) is 0 Å². The van der Waals surface area contributed by atoms with Gasteiger partial charge in [-0.1, -0.05) is 103 Å². The molecule has 4 aliphatic heterocycles. The number of carboxylic acids is 1. The summed E-state index contributed by atoms with van der Waals surface area (Å²) >= 11 is 0. The minimum absolute atomic E-state index is 0.0138. The predicted octanol–water partition coefficient (Wildman–Crippen LogP) is 3.57. The molecule has 4 amide bonds. The van der Waals surface area contributed by atoms with Crippen LogP contribution in [0, 0.1) is 5.92 Å². The van der Waals surface area contributed by atoms with Crippen LogP contribution in [0.1, 0.15) is 50.8 Å². The van der Waals surface area contributed by atoms with Crippen molar-refractivity contribution in [1.82, 2.24) is 56.2 Å². The van der Waals surface area contributed by atoms with Crippen LogP contribution in [0.3, 0.4) is 0 Å². The van der Waals surface area contributed by atoms with Gasteiger partial charge in [-0.3, -0.25) is 23.9 Å². The van der Waals surface area contributed by atoms with Gasteiger partial charge in [-0.05, 0) is 53.9 Å². The molecule has 18 nitrogen and oxygen atoms in total. The molecular formula is C49H55N11O7. The van der Waals surface area contributed by atoms with Gasteiger partial charge in [0.25, 0.3) is 0 Å². The second kappa shape index (κ2) is 20.4. The van der Waals surface area contributed by atoms with Crippen LogP contribution in [0.2, 0.25) is 0 Å². The van der Waals surface area contributed by atoms with E-state index < -0.39 is 59.9 Å². The van der Waals surface area contributed by atoms with E-state index in [1.165, 1.54) is 4.90 Å². The second-order valence-corrected chi connectivity index (χ2v) is 17.6. The lowest BCUT2D eigenvalue weighted by molar-refractivity contribution is -0.144. The number of likely N-dealkylation sites (tertiary alicyclic amines) is 1. The van der Waals surface area contributed by atoms with Crippen molar-refractivity contribution in [3.8, 4) is 28.3 Å². The topological polar surface area (TPSA) is 228 Å². The van der Waals surface area contributed by atoms with Gasteiger partial charge in [-0.25, -0.2) is 9.48 Å². The highest BCUT2D eigenvalue weighted by Gasteiger charge is 2.45. The summed E-state index contributed by atoms with van der Waals surface area (Å²) in [5.74, 6) is -3.22. The summed E-state index contributed by atoms with van der Waals surface area (Å²) in [4.78, 5) is 71.3. The van der Waals surface area contributed by atoms with Crippen molar-refractivity contribution in [1.29, 1.82) is 0 Å². The Kier molecular flexibility index (Phi) is 14.0. The van der Waals surface area contributed by atoms with Crippen molar-refractivity contribution >= 4 is 40.4 Å². The molecule has 1 saturated heterocycles. The Bertz CT molecular complexity index is 2740. The van der Waals surface area contributed by atoms with Crippen molar-refractivity contribution < 1.29 is 33.8 Å². The molecule has 10 bridgehead atoms. The van der Waals surface area contributed by atoms with Crippen molar-refractivity contribution in [2.24, 2.45) is 5.92 Å². The molecule has 6 aromatic rings. The summed E-state index contributed by atoms with van der Waals surface area (Å²) in [5, 5.41) is 41.3. The van der Waals surface area contributed by atoms with E-state index in [1.54, 1.807) is 53.8 Å². The van der Waals surface area contributed by atoms with Crippen molar-refractivity contribution in [2.75, 3.05) is 20.2 Å². The molecule has 6 atom stereocenters. The number of benzene rings is 4. The molecule has 2 aromatic heterocycles. The number of aryl methyl sites for hydroxylation is 1. The maximum Gasteiger partial charge on any atom is 0.326 e. The standard InChI is InChI=1S/C49H55N11O7/c1-29(2)44(53-45(61)30(3)50-4)48(64)59-26-37-25-43(59)47(63)51-39(24-32-10-13-33-8-5-6-9-36(33)22-32)46(62)52-40(49(65)66)23-31-11-18-38(19-12-31)67-21-7-20-58-27-41(54-56-58)34-14-16-35(17-15-34)42-28-60(37)57-55-42/h5-6,8-19,22,27-30,37,39-40,43-44,50H,7,20-21,23-26H2,1-4H3,(H,51,63)(H,52,62)(H,53,61)(H,65,66). The Morgan fingerprint density at radius 2 is 1.55 bits per heavy atom. The van der Waals surface area contributed by atoms with Gasteiger partial charge in [0.15, 0.2) is 0 Å². The lowest BCUT2D eigenvalue weighted by Gasteiger charge is -2.32. The number of carbonyl (C=O) groups is 5. The van der Waals surface area contributed by atoms with Crippen LogP contribution in [0.15, 0.2) is 103 Å². The number of rotatable bonds is 8. The molecule has 1 fully saturated rings. The van der Waals surface area contributed by atoms with Gasteiger partial charge in [0, 0.05) is 49.9 Å². The van der Waals surface area contributed by atoms with E-state index in [9.17, 15) is 29.1 Å². The largest absolute Gasteiger partial charge is 0.494 e. The number of carbonyl (C=O) groups excluding carboxylic acids is 4. The van der Waals surface area contributed by atoms with Crippen LogP contribution < -0.4 is 26.0 Å². The molecule has 18 heteroatoms. The minimum atomic E-state index is -1.35. The van der Waals surface area contributed by atoms with Crippen molar-refractivity contribution in [2.45, 2.75) is 89.3 Å². The molecule has 0 aliphatic carbocycles. The molecule has 6 unspecified atom stereocenters. The highest BCUT2D eigenvalue weighted by atomic mass is 16.5. The molecule has 4 aromatic carbocycles. The van der Waals surface area contributed by atoms with Gasteiger partial charge >= 0.3 is 5.97 Å². The summed E-state index contributed by atoms with van der Waals surface area (Å²) in [6, 6.07) is 22.3. The zero-order valence-corrected chi connectivity index (χ0v) is 37.8. The summed E-state index contributed by atoms with van der Waals surface area (Å²) in [7, 11) is 1.64. The van der Waals surface area contributed by atoms with E-state index in [0.29, 0.717) is 42.3 Å². The fourth-order valence-corrected chi connectivity index (χ4v) is 8.46. The molecule has 67 heavy (non-hydrogen) atoms. The van der Waals surface area contributed by atoms with Crippen LogP contribution in [0.4, 0.5) is 0 Å². The van der Waals surface area contributed by atoms with E-state index >= 15 is 0 Å². The number of hydrogen-bond acceptors (Lipinski definition) is 11. The number of nitrogens with one attached hydrogen (secondary N) is 4. The first-order valence-electron chi connectivity index (χ1n) is 22.6. The third-order valence-electron chi connectivity index (χ3n) is 12.5. The fourth-order valence-electron chi connectivity index (χ4n) is 8.46. The summed E-state index contributed by atoms with van der Waals surface area (Å²) in [6.45, 7) is 6.33. The monoisotopic (exact) mass is 909 g/mol. The van der Waals surface area contributed by atoms with Crippen LogP contribution in [0.5, 0.6) is 5.75 Å². The van der Waals surface area contributed by atoms with Gasteiger partial charge < -0.3 is 36.0 Å². The lowest BCUT2D eigenvalue weighted by Crippen LogP contribution is -2.59. The summed E-state index contributed by atoms with van der Waals surface area (Å²) in [6.07, 6.45) is 4.36. The van der Waals surface area contributed by atoms with E-state index in [2.05, 4.69) is 41.9 Å². The Morgan fingerprint density at radius 1 is 0.851 bits per heavy atom. The zero-order valence-electron chi connectivity index (χ0n) is 37.8. The van der Waals surface area contributed by atoms with Crippen LogP contribution >= 0.6 is 0 Å². The highest BCUT2D eigenvalue weighted by molar-refractivity contribution is 5.96. The number of hydrogen-bond donors (Lipinski definition) is 5. The zero-order chi connectivity index (χ0) is 47.2. The predicted molar refractivity (Wildman–Crippen MR) is 248 cm³/mol. The van der Waals surface area contributed by atoms with Gasteiger partial charge in [0.1, 0.15) is 41.3 Å². The number of aliphatic carboxylic acids is 1. The number of likely N-dealkylation sites (N-methyl/N-ethyl adjacent to an activating group) is 1. The van der Waals surface area contributed by atoms with Gasteiger partial charge in [0.2, 0.25) is 23.6 Å². The SMILES string of the molecule is CNC(C)C(=O)NC(C(=O)N1CC2CC1C(=O)NC(Cc1ccc3ccccc3c1)C(=O)NC(C(=O)O)Cc1ccc(cc1)OCCCn1cc(nn1)-c1ccc(cc1)-c1cn2nn1)C(C)C. The number of fused-ring (bicyclic) bond motifs is 3. The van der Waals surface area contributed by atoms with Gasteiger partial charge in [-0.15, -0.1) is 10.2 Å². The number of aromatic nitrogens is 6. The third-order valence-corrected chi connectivity index (χ3v) is 12.5. The average molecular weight is 910 g/mol. The van der Waals surface area contributed by atoms with Crippen LogP contribution in [-0.2, 0) is 43.4 Å². The van der Waals surface area contributed by atoms with Gasteiger partial charge in [0.05, 0.1) is 31.1 Å². The lowest BCUT2D eigenvalue weighted by atomic mass is 9.99. The molecule has 5 N–H and O–H groups in total. The molecule has 6 heterocycles. The van der Waals surface area contributed by atoms with E-state index in [1.807, 2.05) is 86.8 Å². The van der Waals surface area contributed by atoms with Crippen molar-refractivity contribution in [3.05, 3.63) is 115 Å². The fraction of sp³-hybridized carbons (Fsp3) is 0.367. The number of ether oxygens (including phenoxy) is 1. The van der Waals surface area contributed by atoms with Crippen LogP contribution in [-0.4, -0.2) is 120 Å². The van der Waals surface area contributed by atoms with Crippen LogP contribution in [0.25, 0.3) is 33.3 Å². The quantitative estimate of drug-likeness (QED) is 0.148. The Hall–Kier alpha value is -7.47. The highest BCUT2D eigenvalue weighted by Crippen LogP contribution is 2.31. The molecule has 0 saturated carbocycles. The van der Waals surface area contributed by atoms with Gasteiger partial charge in [-0.2, -0.15) is 0 Å². The molecule has 348 valence electrons. The molecule has 0 radical (unpaired) electrons. The number of nitrogens with zero attached hydrogens (tertiary/aromatic N) is 7. The normalized spacial score (nSPS) is 20.0. The maximum absolute atomic E-state index is 14.8. The second-order valence-electron chi connectivity index (χ2n) is 17.6. The Morgan fingerprint density at radius 3 is 2.25 bits per heavy atom.